The zero-order chi connectivity index (χ0) is 13.5. The molecule has 4 nitrogen and oxygen atoms in total. The van der Waals surface area contributed by atoms with Crippen LogP contribution in [0.1, 0.15) is 5.56 Å². The van der Waals surface area contributed by atoms with E-state index in [1.807, 2.05) is 18.2 Å². The van der Waals surface area contributed by atoms with E-state index in [0.29, 0.717) is 18.0 Å². The minimum atomic E-state index is 0.319. The van der Waals surface area contributed by atoms with Crippen LogP contribution in [0.5, 0.6) is 5.75 Å². The molecule has 3 rings (SSSR count). The first-order valence-electron chi connectivity index (χ1n) is 6.47. The van der Waals surface area contributed by atoms with E-state index in [9.17, 15) is 0 Å². The zero-order valence-corrected chi connectivity index (χ0v) is 11.0. The van der Waals surface area contributed by atoms with Crippen LogP contribution in [0.2, 0.25) is 0 Å². The summed E-state index contributed by atoms with van der Waals surface area (Å²) in [5.74, 6) is 0.319. The van der Waals surface area contributed by atoms with E-state index >= 15 is 0 Å². The summed E-state index contributed by atoms with van der Waals surface area (Å²) in [6.45, 7) is 6.86. The van der Waals surface area contributed by atoms with Crippen LogP contribution in [0.3, 0.4) is 0 Å². The molecule has 0 bridgehead atoms. The number of epoxide rings is 2. The van der Waals surface area contributed by atoms with Gasteiger partial charge in [0.05, 0.1) is 26.4 Å². The van der Waals surface area contributed by atoms with E-state index in [0.717, 1.165) is 38.4 Å². The molecule has 4 heteroatoms. The number of allylic oxidation sites excluding steroid dienone is 1. The van der Waals surface area contributed by atoms with Crippen LogP contribution in [-0.4, -0.2) is 43.7 Å². The molecule has 0 spiro atoms. The monoisotopic (exact) mass is 264 g/mol. The molecule has 1 N–H and O–H groups in total. The smallest absolute Gasteiger partial charge is 0.115 e. The third kappa shape index (κ3) is 6.38. The molecule has 104 valence electrons. The van der Waals surface area contributed by atoms with Gasteiger partial charge in [-0.25, -0.2) is 0 Å². The normalized spacial score (nSPS) is 23.2. The summed E-state index contributed by atoms with van der Waals surface area (Å²) < 4.78 is 15.1. The van der Waals surface area contributed by atoms with Gasteiger partial charge in [0.2, 0.25) is 0 Å². The van der Waals surface area contributed by atoms with Crippen molar-refractivity contribution in [2.24, 2.45) is 0 Å². The maximum Gasteiger partial charge on any atom is 0.115 e. The Kier molecular flexibility index (Phi) is 5.39. The molecule has 2 heterocycles. The Hall–Kier alpha value is -1.36. The van der Waals surface area contributed by atoms with Gasteiger partial charge in [-0.3, -0.25) is 0 Å². The number of rotatable bonds is 6. The first-order valence-corrected chi connectivity index (χ1v) is 6.47. The maximum atomic E-state index is 9.01. The maximum absolute atomic E-state index is 9.01. The SMILES string of the molecule is C(OCC1CO1)C1CO1.C=CCc1cccc(O)c1. The standard InChI is InChI=1S/C9H10O.C6H10O3/c1-2-4-8-5-3-6-9(10)7-8;1(5-3-8-5)7-2-6-4-9-6/h2-3,5-7,10H,1,4H2;5-6H,1-4H2. The molecule has 1 aromatic carbocycles. The van der Waals surface area contributed by atoms with E-state index in [2.05, 4.69) is 6.58 Å². The van der Waals surface area contributed by atoms with Crippen molar-refractivity contribution in [3.8, 4) is 5.75 Å². The first kappa shape index (κ1) is 14.1. The van der Waals surface area contributed by atoms with Crippen LogP contribution in [0.4, 0.5) is 0 Å². The Morgan fingerprint density at radius 1 is 1.26 bits per heavy atom. The first-order chi connectivity index (χ1) is 9.28. The molecule has 0 amide bonds. The third-order valence-corrected chi connectivity index (χ3v) is 2.70. The zero-order valence-electron chi connectivity index (χ0n) is 11.0. The Balaban J connectivity index is 0.000000141. The second-order valence-corrected chi connectivity index (χ2v) is 4.61. The molecule has 2 saturated heterocycles. The van der Waals surface area contributed by atoms with Crippen molar-refractivity contribution in [2.75, 3.05) is 26.4 Å². The quantitative estimate of drug-likeness (QED) is 0.630. The largest absolute Gasteiger partial charge is 0.508 e. The van der Waals surface area contributed by atoms with Crippen LogP contribution < -0.4 is 0 Å². The highest BCUT2D eigenvalue weighted by molar-refractivity contribution is 5.28. The van der Waals surface area contributed by atoms with Crippen molar-refractivity contribution in [3.63, 3.8) is 0 Å². The highest BCUT2D eigenvalue weighted by Gasteiger charge is 2.26. The van der Waals surface area contributed by atoms with Gasteiger partial charge >= 0.3 is 0 Å². The van der Waals surface area contributed by atoms with Gasteiger partial charge in [0.15, 0.2) is 0 Å². The lowest BCUT2D eigenvalue weighted by atomic mass is 10.1. The van der Waals surface area contributed by atoms with Crippen molar-refractivity contribution in [3.05, 3.63) is 42.5 Å². The van der Waals surface area contributed by atoms with Gasteiger partial charge in [0.25, 0.3) is 0 Å². The summed E-state index contributed by atoms with van der Waals surface area (Å²) in [5.41, 5.74) is 1.09. The average molecular weight is 264 g/mol. The molecule has 0 saturated carbocycles. The van der Waals surface area contributed by atoms with Crippen LogP contribution >= 0.6 is 0 Å². The van der Waals surface area contributed by atoms with E-state index in [1.165, 1.54) is 0 Å². The van der Waals surface area contributed by atoms with Crippen LogP contribution in [0, 0.1) is 0 Å². The molecule has 2 fully saturated rings. The predicted molar refractivity (Wildman–Crippen MR) is 72.3 cm³/mol. The Morgan fingerprint density at radius 3 is 2.37 bits per heavy atom. The minimum absolute atomic E-state index is 0.319. The van der Waals surface area contributed by atoms with Gasteiger partial charge in [-0.2, -0.15) is 0 Å². The predicted octanol–water partition coefficient (Wildman–Crippen LogP) is 1.92. The molecule has 0 radical (unpaired) electrons. The van der Waals surface area contributed by atoms with Crippen molar-refractivity contribution in [2.45, 2.75) is 18.6 Å². The second kappa shape index (κ2) is 7.28. The summed E-state index contributed by atoms with van der Waals surface area (Å²) in [6, 6.07) is 7.18. The fourth-order valence-electron chi connectivity index (χ4n) is 1.51. The van der Waals surface area contributed by atoms with Crippen LogP contribution in [0.15, 0.2) is 36.9 Å². The summed E-state index contributed by atoms with van der Waals surface area (Å²) in [7, 11) is 0. The molecule has 2 aliphatic rings. The second-order valence-electron chi connectivity index (χ2n) is 4.61. The van der Waals surface area contributed by atoms with Crippen molar-refractivity contribution in [1.82, 2.24) is 0 Å². The van der Waals surface area contributed by atoms with Gasteiger partial charge in [-0.1, -0.05) is 18.2 Å². The molecular formula is C15H20O4. The molecule has 2 atom stereocenters. The highest BCUT2D eigenvalue weighted by atomic mass is 16.6. The molecular weight excluding hydrogens is 244 g/mol. The van der Waals surface area contributed by atoms with Gasteiger partial charge in [0, 0.05) is 0 Å². The Bertz CT molecular complexity index is 385. The molecule has 2 aliphatic heterocycles. The van der Waals surface area contributed by atoms with E-state index in [-0.39, 0.29) is 0 Å². The lowest BCUT2D eigenvalue weighted by Gasteiger charge is -1.95. The summed E-state index contributed by atoms with van der Waals surface area (Å²) in [5, 5.41) is 9.01. The van der Waals surface area contributed by atoms with Crippen LogP contribution in [-0.2, 0) is 20.6 Å². The van der Waals surface area contributed by atoms with Gasteiger partial charge in [-0.05, 0) is 24.1 Å². The summed E-state index contributed by atoms with van der Waals surface area (Å²) >= 11 is 0. The topological polar surface area (TPSA) is 54.5 Å². The summed E-state index contributed by atoms with van der Waals surface area (Å²) in [4.78, 5) is 0. The number of ether oxygens (including phenoxy) is 3. The molecule has 2 unspecified atom stereocenters. The average Bonchev–Trinajstić information content (AvgIpc) is 3.25. The lowest BCUT2D eigenvalue weighted by Crippen LogP contribution is -2.06. The Morgan fingerprint density at radius 2 is 1.89 bits per heavy atom. The van der Waals surface area contributed by atoms with E-state index < -0.39 is 0 Å². The number of hydrogen-bond acceptors (Lipinski definition) is 4. The van der Waals surface area contributed by atoms with Crippen molar-refractivity contribution < 1.29 is 19.3 Å². The lowest BCUT2D eigenvalue weighted by molar-refractivity contribution is 0.102. The molecule has 0 aliphatic carbocycles. The van der Waals surface area contributed by atoms with Gasteiger partial charge in [0.1, 0.15) is 18.0 Å². The fraction of sp³-hybridized carbons (Fsp3) is 0.467. The summed E-state index contributed by atoms with van der Waals surface area (Å²) in [6.07, 6.45) is 3.41. The molecule has 19 heavy (non-hydrogen) atoms. The Labute approximate surface area is 113 Å². The number of aromatic hydroxyl groups is 1. The van der Waals surface area contributed by atoms with Gasteiger partial charge < -0.3 is 19.3 Å². The van der Waals surface area contributed by atoms with Crippen molar-refractivity contribution >= 4 is 0 Å². The van der Waals surface area contributed by atoms with E-state index in [1.54, 1.807) is 12.1 Å². The number of phenolic OH excluding ortho intramolecular Hbond substituents is 1. The van der Waals surface area contributed by atoms with Crippen LogP contribution in [0.25, 0.3) is 0 Å². The van der Waals surface area contributed by atoms with E-state index in [4.69, 9.17) is 19.3 Å². The minimum Gasteiger partial charge on any atom is -0.508 e. The third-order valence-electron chi connectivity index (χ3n) is 2.70. The van der Waals surface area contributed by atoms with Gasteiger partial charge in [-0.15, -0.1) is 6.58 Å². The number of benzene rings is 1. The fourth-order valence-corrected chi connectivity index (χ4v) is 1.51. The van der Waals surface area contributed by atoms with Crippen molar-refractivity contribution in [1.29, 1.82) is 0 Å². The number of phenols is 1. The molecule has 1 aromatic rings. The highest BCUT2D eigenvalue weighted by Crippen LogP contribution is 2.12. The molecule has 0 aromatic heterocycles. The number of hydrogen-bond donors (Lipinski definition) is 1.